The van der Waals surface area contributed by atoms with Crippen LogP contribution < -0.4 is 0 Å². The van der Waals surface area contributed by atoms with Crippen molar-refractivity contribution in [1.82, 2.24) is 4.90 Å². The topological polar surface area (TPSA) is 20.3 Å². The molecule has 0 aliphatic carbocycles. The molecule has 0 atom stereocenters. The Bertz CT molecular complexity index is 371. The van der Waals surface area contributed by atoms with Crippen LogP contribution in [0.4, 0.5) is 0 Å². The maximum atomic E-state index is 12.0. The molecule has 20 heavy (non-hydrogen) atoms. The number of rotatable bonds is 8. The molecule has 1 amide bonds. The first-order valence-electron chi connectivity index (χ1n) is 7.57. The zero-order valence-electron chi connectivity index (χ0n) is 14.1. The molecule has 0 aliphatic rings. The Labute approximate surface area is 125 Å². The molecule has 2 heteroatoms. The van der Waals surface area contributed by atoms with Crippen LogP contribution in [0.3, 0.4) is 0 Å². The van der Waals surface area contributed by atoms with Gasteiger partial charge in [-0.3, -0.25) is 4.79 Å². The second-order valence-corrected chi connectivity index (χ2v) is 6.01. The summed E-state index contributed by atoms with van der Waals surface area (Å²) in [5, 5.41) is 0. The molecule has 0 aromatic rings. The standard InChI is InChI=1S/C18H31NO/c1-7-9-18(20)19(14-16(4)5)13-12-17(6)11-8-10-15(2)3/h7,9-10,12,16H,8,11,13-14H2,1-6H3/b9-7+,17-12-. The molecule has 0 unspecified atom stereocenters. The summed E-state index contributed by atoms with van der Waals surface area (Å²) in [5.74, 6) is 0.595. The van der Waals surface area contributed by atoms with Gasteiger partial charge in [0.2, 0.25) is 5.91 Å². The second-order valence-electron chi connectivity index (χ2n) is 6.01. The lowest BCUT2D eigenvalue weighted by Crippen LogP contribution is -2.33. The van der Waals surface area contributed by atoms with E-state index in [1.54, 1.807) is 12.2 Å². The first kappa shape index (κ1) is 18.7. The molecule has 0 radical (unpaired) electrons. The van der Waals surface area contributed by atoms with Crippen LogP contribution in [-0.4, -0.2) is 23.9 Å². The lowest BCUT2D eigenvalue weighted by atomic mass is 10.1. The molecular weight excluding hydrogens is 246 g/mol. The van der Waals surface area contributed by atoms with Crippen LogP contribution in [0, 0.1) is 5.92 Å². The van der Waals surface area contributed by atoms with Gasteiger partial charge in [0.05, 0.1) is 0 Å². The molecule has 0 rings (SSSR count). The van der Waals surface area contributed by atoms with Gasteiger partial charge in [-0.1, -0.05) is 43.2 Å². The van der Waals surface area contributed by atoms with Crippen molar-refractivity contribution >= 4 is 5.91 Å². The molecule has 0 aliphatic heterocycles. The summed E-state index contributed by atoms with van der Waals surface area (Å²) in [7, 11) is 0. The van der Waals surface area contributed by atoms with Crippen molar-refractivity contribution in [3.8, 4) is 0 Å². The average Bonchev–Trinajstić information content (AvgIpc) is 2.33. The third-order valence-corrected chi connectivity index (χ3v) is 2.96. The zero-order valence-corrected chi connectivity index (χ0v) is 14.1. The highest BCUT2D eigenvalue weighted by molar-refractivity contribution is 5.87. The van der Waals surface area contributed by atoms with Crippen molar-refractivity contribution in [1.29, 1.82) is 0 Å². The Kier molecular flexibility index (Phi) is 9.79. The van der Waals surface area contributed by atoms with Crippen LogP contribution >= 0.6 is 0 Å². The van der Waals surface area contributed by atoms with Gasteiger partial charge in [-0.25, -0.2) is 0 Å². The summed E-state index contributed by atoms with van der Waals surface area (Å²) in [5.41, 5.74) is 2.71. The number of nitrogens with zero attached hydrogens (tertiary/aromatic N) is 1. The fourth-order valence-electron chi connectivity index (χ4n) is 1.90. The van der Waals surface area contributed by atoms with Crippen molar-refractivity contribution in [3.63, 3.8) is 0 Å². The third kappa shape index (κ3) is 9.60. The monoisotopic (exact) mass is 277 g/mol. The minimum Gasteiger partial charge on any atom is -0.335 e. The Morgan fingerprint density at radius 2 is 1.80 bits per heavy atom. The van der Waals surface area contributed by atoms with Crippen LogP contribution in [0.15, 0.2) is 35.5 Å². The van der Waals surface area contributed by atoms with Gasteiger partial charge in [-0.05, 0) is 52.5 Å². The van der Waals surface area contributed by atoms with E-state index in [9.17, 15) is 4.79 Å². The Balaban J connectivity index is 4.49. The van der Waals surface area contributed by atoms with Crippen molar-refractivity contribution < 1.29 is 4.79 Å². The van der Waals surface area contributed by atoms with E-state index in [0.717, 1.165) is 19.4 Å². The summed E-state index contributed by atoms with van der Waals surface area (Å²) >= 11 is 0. The zero-order chi connectivity index (χ0) is 15.5. The molecule has 114 valence electrons. The van der Waals surface area contributed by atoms with Crippen molar-refractivity contribution in [2.75, 3.05) is 13.1 Å². The molecule has 0 heterocycles. The van der Waals surface area contributed by atoms with Gasteiger partial charge in [0.15, 0.2) is 0 Å². The summed E-state index contributed by atoms with van der Waals surface area (Å²) in [4.78, 5) is 13.9. The Morgan fingerprint density at radius 1 is 1.15 bits per heavy atom. The predicted octanol–water partition coefficient (Wildman–Crippen LogP) is 4.74. The number of hydrogen-bond donors (Lipinski definition) is 0. The minimum absolute atomic E-state index is 0.106. The number of hydrogen-bond acceptors (Lipinski definition) is 1. The fraction of sp³-hybridized carbons (Fsp3) is 0.611. The van der Waals surface area contributed by atoms with Crippen LogP contribution in [0.1, 0.15) is 54.4 Å². The van der Waals surface area contributed by atoms with E-state index in [-0.39, 0.29) is 5.91 Å². The first-order chi connectivity index (χ1) is 9.36. The van der Waals surface area contributed by atoms with E-state index in [2.05, 4.69) is 46.8 Å². The Morgan fingerprint density at radius 3 is 2.30 bits per heavy atom. The van der Waals surface area contributed by atoms with Crippen LogP contribution in [-0.2, 0) is 4.79 Å². The highest BCUT2D eigenvalue weighted by Crippen LogP contribution is 2.08. The van der Waals surface area contributed by atoms with Gasteiger partial charge in [-0.15, -0.1) is 0 Å². The van der Waals surface area contributed by atoms with Gasteiger partial charge < -0.3 is 4.90 Å². The lowest BCUT2D eigenvalue weighted by Gasteiger charge is -2.22. The van der Waals surface area contributed by atoms with E-state index in [4.69, 9.17) is 0 Å². The van der Waals surface area contributed by atoms with E-state index >= 15 is 0 Å². The van der Waals surface area contributed by atoms with Crippen LogP contribution in [0.2, 0.25) is 0 Å². The largest absolute Gasteiger partial charge is 0.335 e. The summed E-state index contributed by atoms with van der Waals surface area (Å²) in [6.45, 7) is 14.1. The maximum absolute atomic E-state index is 12.0. The van der Waals surface area contributed by atoms with Gasteiger partial charge in [0.25, 0.3) is 0 Å². The molecule has 0 fully saturated rings. The average molecular weight is 277 g/mol. The highest BCUT2D eigenvalue weighted by atomic mass is 16.2. The van der Waals surface area contributed by atoms with Crippen molar-refractivity contribution in [2.45, 2.75) is 54.4 Å². The van der Waals surface area contributed by atoms with Crippen molar-refractivity contribution in [2.24, 2.45) is 5.92 Å². The molecule has 0 aromatic heterocycles. The fourth-order valence-corrected chi connectivity index (χ4v) is 1.90. The third-order valence-electron chi connectivity index (χ3n) is 2.96. The van der Waals surface area contributed by atoms with Crippen molar-refractivity contribution in [3.05, 3.63) is 35.5 Å². The number of allylic oxidation sites excluding steroid dienone is 4. The van der Waals surface area contributed by atoms with E-state index in [1.807, 2.05) is 11.8 Å². The molecule has 0 saturated carbocycles. The molecule has 0 spiro atoms. The Hall–Kier alpha value is -1.31. The quantitative estimate of drug-likeness (QED) is 0.463. The highest BCUT2D eigenvalue weighted by Gasteiger charge is 2.10. The number of amides is 1. The van der Waals surface area contributed by atoms with Gasteiger partial charge in [-0.2, -0.15) is 0 Å². The predicted molar refractivity (Wildman–Crippen MR) is 88.7 cm³/mol. The molecule has 2 nitrogen and oxygen atoms in total. The second kappa shape index (κ2) is 10.5. The first-order valence-corrected chi connectivity index (χ1v) is 7.57. The van der Waals surface area contributed by atoms with E-state index in [1.165, 1.54) is 11.1 Å². The number of carbonyl (C=O) groups is 1. The van der Waals surface area contributed by atoms with Gasteiger partial charge in [0.1, 0.15) is 0 Å². The lowest BCUT2D eigenvalue weighted by molar-refractivity contribution is -0.126. The normalized spacial score (nSPS) is 12.1. The van der Waals surface area contributed by atoms with Gasteiger partial charge >= 0.3 is 0 Å². The smallest absolute Gasteiger partial charge is 0.246 e. The molecule has 0 N–H and O–H groups in total. The number of carbonyl (C=O) groups excluding carboxylic acids is 1. The SMILES string of the molecule is C/C=C/C(=O)N(C/C=C(/C)CCC=C(C)C)CC(C)C. The van der Waals surface area contributed by atoms with E-state index in [0.29, 0.717) is 12.5 Å². The van der Waals surface area contributed by atoms with Crippen LogP contribution in [0.25, 0.3) is 0 Å². The van der Waals surface area contributed by atoms with Crippen LogP contribution in [0.5, 0.6) is 0 Å². The molecule has 0 saturated heterocycles. The van der Waals surface area contributed by atoms with Gasteiger partial charge in [0, 0.05) is 13.1 Å². The minimum atomic E-state index is 0.106. The summed E-state index contributed by atoms with van der Waals surface area (Å²) in [6.07, 6.45) is 10.0. The summed E-state index contributed by atoms with van der Waals surface area (Å²) < 4.78 is 0. The molecular formula is C18H31NO. The maximum Gasteiger partial charge on any atom is 0.246 e. The van der Waals surface area contributed by atoms with E-state index < -0.39 is 0 Å². The summed E-state index contributed by atoms with van der Waals surface area (Å²) in [6, 6.07) is 0. The molecule has 0 bridgehead atoms. The molecule has 0 aromatic carbocycles.